The summed E-state index contributed by atoms with van der Waals surface area (Å²) < 4.78 is 16.4. The third-order valence-corrected chi connectivity index (χ3v) is 4.29. The lowest BCUT2D eigenvalue weighted by atomic mass is 10.1. The van der Waals surface area contributed by atoms with Gasteiger partial charge in [-0.2, -0.15) is 0 Å². The molecule has 0 aliphatic rings. The number of esters is 1. The largest absolute Gasteiger partial charge is 0.465 e. The molecule has 6 heteroatoms. The van der Waals surface area contributed by atoms with Crippen LogP contribution in [0.4, 0.5) is 0 Å². The molecule has 0 atom stereocenters. The first-order chi connectivity index (χ1) is 12.6. The Morgan fingerprint density at radius 3 is 2.31 bits per heavy atom. The molecular weight excluding hydrogens is 332 g/mol. The number of methoxy groups -OCH3 is 1. The van der Waals surface area contributed by atoms with Crippen molar-refractivity contribution in [1.29, 1.82) is 0 Å². The Hall–Kier alpha value is -3.41. The molecule has 0 amide bonds. The van der Waals surface area contributed by atoms with Crippen LogP contribution in [0.1, 0.15) is 21.5 Å². The molecule has 4 rings (SSSR count). The molecule has 2 aromatic carbocycles. The van der Waals surface area contributed by atoms with Crippen molar-refractivity contribution in [3.05, 3.63) is 59.2 Å². The normalized spacial score (nSPS) is 11.0. The van der Waals surface area contributed by atoms with Crippen LogP contribution in [0, 0.1) is 13.8 Å². The molecule has 2 heterocycles. The summed E-state index contributed by atoms with van der Waals surface area (Å²) in [4.78, 5) is 11.5. The molecule has 0 aliphatic carbocycles. The summed E-state index contributed by atoms with van der Waals surface area (Å²) in [6.45, 7) is 4.03. The van der Waals surface area contributed by atoms with Crippen LogP contribution >= 0.6 is 0 Å². The number of benzene rings is 2. The van der Waals surface area contributed by atoms with Gasteiger partial charge in [0.1, 0.15) is 5.58 Å². The van der Waals surface area contributed by atoms with Gasteiger partial charge in [-0.3, -0.25) is 0 Å². The van der Waals surface area contributed by atoms with Gasteiger partial charge in [0.05, 0.1) is 12.7 Å². The first kappa shape index (κ1) is 16.1. The molecule has 0 saturated heterocycles. The minimum Gasteiger partial charge on any atom is -0.465 e. The van der Waals surface area contributed by atoms with Gasteiger partial charge in [-0.05, 0) is 55.3 Å². The van der Waals surface area contributed by atoms with E-state index in [4.69, 9.17) is 8.83 Å². The monoisotopic (exact) mass is 348 g/mol. The van der Waals surface area contributed by atoms with Gasteiger partial charge < -0.3 is 13.6 Å². The van der Waals surface area contributed by atoms with Crippen LogP contribution in [0.2, 0.25) is 0 Å². The zero-order chi connectivity index (χ0) is 18.3. The number of aryl methyl sites for hydroxylation is 2. The van der Waals surface area contributed by atoms with E-state index in [9.17, 15) is 4.79 Å². The molecule has 0 bridgehead atoms. The molecule has 6 nitrogen and oxygen atoms in total. The van der Waals surface area contributed by atoms with Gasteiger partial charge in [-0.1, -0.05) is 12.1 Å². The topological polar surface area (TPSA) is 78.4 Å². The molecule has 0 N–H and O–H groups in total. The second-order valence-corrected chi connectivity index (χ2v) is 6.03. The van der Waals surface area contributed by atoms with E-state index in [0.29, 0.717) is 28.7 Å². The van der Waals surface area contributed by atoms with Gasteiger partial charge in [-0.15, -0.1) is 10.2 Å². The maximum Gasteiger partial charge on any atom is 0.337 e. The van der Waals surface area contributed by atoms with Gasteiger partial charge >= 0.3 is 5.97 Å². The predicted octanol–water partition coefficient (Wildman–Crippen LogP) is 4.55. The quantitative estimate of drug-likeness (QED) is 0.505. The summed E-state index contributed by atoms with van der Waals surface area (Å²) >= 11 is 0. The summed E-state index contributed by atoms with van der Waals surface area (Å²) in [5, 5.41) is 9.20. The van der Waals surface area contributed by atoms with Crippen LogP contribution in [0.3, 0.4) is 0 Å². The summed E-state index contributed by atoms with van der Waals surface area (Å²) in [7, 11) is 1.34. The lowest BCUT2D eigenvalue weighted by molar-refractivity contribution is 0.0600. The van der Waals surface area contributed by atoms with Crippen molar-refractivity contribution in [2.24, 2.45) is 0 Å². The van der Waals surface area contributed by atoms with Crippen molar-refractivity contribution in [3.63, 3.8) is 0 Å². The predicted molar refractivity (Wildman–Crippen MR) is 95.8 cm³/mol. The number of hydrogen-bond acceptors (Lipinski definition) is 6. The van der Waals surface area contributed by atoms with Crippen LogP contribution < -0.4 is 0 Å². The molecular formula is C20H16N2O4. The average molecular weight is 348 g/mol. The SMILES string of the molecule is COC(=O)c1ccc(-c2nnc(-c3cc4c(C)ccc(C)c4o3)o2)cc1. The number of ether oxygens (including phenoxy) is 1. The first-order valence-corrected chi connectivity index (χ1v) is 8.09. The highest BCUT2D eigenvalue weighted by molar-refractivity contribution is 5.90. The number of carbonyl (C=O) groups is 1. The highest BCUT2D eigenvalue weighted by atomic mass is 16.5. The van der Waals surface area contributed by atoms with Crippen molar-refractivity contribution in [1.82, 2.24) is 10.2 Å². The second-order valence-electron chi connectivity index (χ2n) is 6.03. The minimum atomic E-state index is -0.393. The summed E-state index contributed by atoms with van der Waals surface area (Å²) in [6.07, 6.45) is 0. The van der Waals surface area contributed by atoms with Crippen molar-refractivity contribution in [2.45, 2.75) is 13.8 Å². The summed E-state index contributed by atoms with van der Waals surface area (Å²) in [6, 6.07) is 12.8. The number of nitrogens with zero attached hydrogens (tertiary/aromatic N) is 2. The van der Waals surface area contributed by atoms with E-state index in [-0.39, 0.29) is 0 Å². The van der Waals surface area contributed by atoms with Crippen LogP contribution in [-0.2, 0) is 4.74 Å². The highest BCUT2D eigenvalue weighted by Gasteiger charge is 2.17. The molecule has 0 spiro atoms. The number of rotatable bonds is 3. The lowest BCUT2D eigenvalue weighted by Gasteiger charge is -1.99. The molecule has 0 saturated carbocycles. The van der Waals surface area contributed by atoms with E-state index in [1.165, 1.54) is 7.11 Å². The van der Waals surface area contributed by atoms with E-state index < -0.39 is 5.97 Å². The average Bonchev–Trinajstić information content (AvgIpc) is 3.32. The number of carbonyl (C=O) groups excluding carboxylic acids is 1. The van der Waals surface area contributed by atoms with Crippen molar-refractivity contribution in [3.8, 4) is 23.1 Å². The number of hydrogen-bond donors (Lipinski definition) is 0. The molecule has 0 aliphatic heterocycles. The minimum absolute atomic E-state index is 0.312. The third kappa shape index (κ3) is 2.65. The Balaban J connectivity index is 1.69. The van der Waals surface area contributed by atoms with Gasteiger partial charge in [0.25, 0.3) is 5.89 Å². The molecule has 0 radical (unpaired) electrons. The van der Waals surface area contributed by atoms with Gasteiger partial charge in [0.15, 0.2) is 5.76 Å². The molecule has 26 heavy (non-hydrogen) atoms. The van der Waals surface area contributed by atoms with E-state index >= 15 is 0 Å². The summed E-state index contributed by atoms with van der Waals surface area (Å²) in [5.74, 6) is 0.801. The second kappa shape index (κ2) is 6.15. The first-order valence-electron chi connectivity index (χ1n) is 8.09. The Bertz CT molecular complexity index is 1070. The molecule has 0 fully saturated rings. The lowest BCUT2D eigenvalue weighted by Crippen LogP contribution is -2.00. The van der Waals surface area contributed by atoms with E-state index in [1.807, 2.05) is 26.0 Å². The standard InChI is InChI=1S/C20H16N2O4/c1-11-4-5-12(2)17-15(11)10-16(25-17)19-22-21-18(26-19)13-6-8-14(9-7-13)20(23)24-3/h4-10H,1-3H3. The van der Waals surface area contributed by atoms with Crippen LogP contribution in [0.5, 0.6) is 0 Å². The van der Waals surface area contributed by atoms with E-state index in [0.717, 1.165) is 22.1 Å². The Kier molecular flexibility index (Phi) is 3.80. The highest BCUT2D eigenvalue weighted by Crippen LogP contribution is 2.32. The number of fused-ring (bicyclic) bond motifs is 1. The fourth-order valence-electron chi connectivity index (χ4n) is 2.80. The van der Waals surface area contributed by atoms with Gasteiger partial charge in [0.2, 0.25) is 5.89 Å². The third-order valence-electron chi connectivity index (χ3n) is 4.29. The molecule has 2 aromatic heterocycles. The van der Waals surface area contributed by atoms with E-state index in [2.05, 4.69) is 21.0 Å². The van der Waals surface area contributed by atoms with Crippen LogP contribution in [0.25, 0.3) is 34.1 Å². The van der Waals surface area contributed by atoms with Crippen molar-refractivity contribution < 1.29 is 18.4 Å². The Morgan fingerprint density at radius 1 is 0.923 bits per heavy atom. The fourth-order valence-corrected chi connectivity index (χ4v) is 2.80. The fraction of sp³-hybridized carbons (Fsp3) is 0.150. The summed E-state index contributed by atoms with van der Waals surface area (Å²) in [5.41, 5.74) is 4.16. The van der Waals surface area contributed by atoms with Crippen LogP contribution in [0.15, 0.2) is 51.3 Å². The van der Waals surface area contributed by atoms with E-state index in [1.54, 1.807) is 24.3 Å². The van der Waals surface area contributed by atoms with Crippen LogP contribution in [-0.4, -0.2) is 23.3 Å². The molecule has 4 aromatic rings. The number of furan rings is 1. The Morgan fingerprint density at radius 2 is 1.62 bits per heavy atom. The molecule has 130 valence electrons. The van der Waals surface area contributed by atoms with Crippen molar-refractivity contribution >= 4 is 16.9 Å². The number of aromatic nitrogens is 2. The van der Waals surface area contributed by atoms with Crippen molar-refractivity contribution in [2.75, 3.05) is 7.11 Å². The maximum atomic E-state index is 11.5. The van der Waals surface area contributed by atoms with Gasteiger partial charge in [-0.25, -0.2) is 4.79 Å². The molecule has 0 unspecified atom stereocenters. The Labute approximate surface area is 149 Å². The smallest absolute Gasteiger partial charge is 0.337 e. The zero-order valence-electron chi connectivity index (χ0n) is 14.6. The maximum absolute atomic E-state index is 11.5. The zero-order valence-corrected chi connectivity index (χ0v) is 14.6. The van der Waals surface area contributed by atoms with Gasteiger partial charge in [0, 0.05) is 10.9 Å².